The van der Waals surface area contributed by atoms with Crippen LogP contribution in [0.5, 0.6) is 0 Å². The van der Waals surface area contributed by atoms with E-state index in [0.717, 1.165) is 6.54 Å². The summed E-state index contributed by atoms with van der Waals surface area (Å²) in [6.07, 6.45) is 1.66. The first-order valence-electron chi connectivity index (χ1n) is 5.25. The van der Waals surface area contributed by atoms with Crippen molar-refractivity contribution in [1.29, 1.82) is 0 Å². The van der Waals surface area contributed by atoms with Crippen LogP contribution in [-0.4, -0.2) is 47.7 Å². The van der Waals surface area contributed by atoms with Gasteiger partial charge in [-0.3, -0.25) is 4.79 Å². The smallest absolute Gasteiger partial charge is 0.242 e. The molecule has 0 saturated heterocycles. The number of carbonyl (C=O) groups excluding carboxylic acids is 1. The molecule has 1 amide bonds. The van der Waals surface area contributed by atoms with E-state index in [1.807, 2.05) is 20.8 Å². The molecule has 0 aliphatic rings. The molecule has 0 unspecified atom stereocenters. The zero-order valence-electron chi connectivity index (χ0n) is 9.92. The number of rotatable bonds is 7. The highest BCUT2D eigenvalue weighted by Gasteiger charge is 2.30. The number of amides is 1. The van der Waals surface area contributed by atoms with E-state index in [0.29, 0.717) is 13.1 Å². The third-order valence-corrected chi connectivity index (χ3v) is 2.16. The summed E-state index contributed by atoms with van der Waals surface area (Å²) in [7, 11) is 0. The molecule has 0 saturated carbocycles. The third-order valence-electron chi connectivity index (χ3n) is 2.16. The second kappa shape index (κ2) is 6.58. The predicted molar refractivity (Wildman–Crippen MR) is 61.6 cm³/mol. The van der Waals surface area contributed by atoms with E-state index in [2.05, 4.69) is 11.9 Å². The van der Waals surface area contributed by atoms with E-state index in [1.165, 1.54) is 0 Å². The van der Waals surface area contributed by atoms with Crippen LogP contribution in [0.1, 0.15) is 20.8 Å². The maximum Gasteiger partial charge on any atom is 0.242 e. The Balaban J connectivity index is 4.52. The first-order valence-corrected chi connectivity index (χ1v) is 5.25. The van der Waals surface area contributed by atoms with Crippen molar-refractivity contribution in [3.63, 3.8) is 0 Å². The van der Waals surface area contributed by atoms with E-state index in [-0.39, 0.29) is 12.5 Å². The molecule has 0 bridgehead atoms. The highest BCUT2D eigenvalue weighted by Crippen LogP contribution is 2.07. The van der Waals surface area contributed by atoms with Crippen LogP contribution in [0.4, 0.5) is 0 Å². The van der Waals surface area contributed by atoms with E-state index >= 15 is 0 Å². The van der Waals surface area contributed by atoms with Gasteiger partial charge in [0.05, 0.1) is 12.1 Å². The fraction of sp³-hybridized carbons (Fsp3) is 0.727. The largest absolute Gasteiger partial charge is 0.395 e. The molecule has 0 heterocycles. The molecule has 4 heteroatoms. The summed E-state index contributed by atoms with van der Waals surface area (Å²) in [5, 5.41) is 12.0. The Labute approximate surface area is 92.0 Å². The summed E-state index contributed by atoms with van der Waals surface area (Å²) < 4.78 is 0. The van der Waals surface area contributed by atoms with E-state index in [1.54, 1.807) is 11.0 Å². The average molecular weight is 214 g/mol. The fourth-order valence-electron chi connectivity index (χ4n) is 1.47. The van der Waals surface area contributed by atoms with Crippen LogP contribution in [0.3, 0.4) is 0 Å². The summed E-state index contributed by atoms with van der Waals surface area (Å²) >= 11 is 0. The second-order valence-electron chi connectivity index (χ2n) is 3.92. The molecule has 0 aromatic carbocycles. The Morgan fingerprint density at radius 1 is 1.60 bits per heavy atom. The van der Waals surface area contributed by atoms with Crippen molar-refractivity contribution in [2.45, 2.75) is 26.3 Å². The summed E-state index contributed by atoms with van der Waals surface area (Å²) in [4.78, 5) is 13.6. The molecule has 15 heavy (non-hydrogen) atoms. The minimum atomic E-state index is -0.590. The van der Waals surface area contributed by atoms with E-state index in [9.17, 15) is 4.79 Å². The standard InChI is InChI=1S/C11H22N2O2/c1-5-7-13(8-9-14)10(15)11(3,4)12-6-2/h5,12,14H,1,6-9H2,2-4H3. The van der Waals surface area contributed by atoms with Crippen LogP contribution in [-0.2, 0) is 4.79 Å². The number of likely N-dealkylation sites (N-methyl/N-ethyl adjacent to an activating group) is 1. The molecule has 0 radical (unpaired) electrons. The van der Waals surface area contributed by atoms with Crippen molar-refractivity contribution >= 4 is 5.91 Å². The number of hydrogen-bond donors (Lipinski definition) is 2. The van der Waals surface area contributed by atoms with Crippen molar-refractivity contribution in [3.05, 3.63) is 12.7 Å². The van der Waals surface area contributed by atoms with Crippen LogP contribution in [0.2, 0.25) is 0 Å². The lowest BCUT2D eigenvalue weighted by atomic mass is 10.0. The van der Waals surface area contributed by atoms with Gasteiger partial charge in [0.25, 0.3) is 0 Å². The molecule has 0 fully saturated rings. The molecular formula is C11H22N2O2. The van der Waals surface area contributed by atoms with Crippen LogP contribution < -0.4 is 5.32 Å². The fourth-order valence-corrected chi connectivity index (χ4v) is 1.47. The molecule has 0 rings (SSSR count). The molecule has 0 spiro atoms. The molecule has 4 nitrogen and oxygen atoms in total. The van der Waals surface area contributed by atoms with Gasteiger partial charge in [-0.2, -0.15) is 0 Å². The van der Waals surface area contributed by atoms with Crippen molar-refractivity contribution in [2.75, 3.05) is 26.2 Å². The molecule has 0 aromatic rings. The van der Waals surface area contributed by atoms with Gasteiger partial charge >= 0.3 is 0 Å². The maximum atomic E-state index is 12.0. The SMILES string of the molecule is C=CCN(CCO)C(=O)C(C)(C)NCC. The first kappa shape index (κ1) is 14.1. The second-order valence-corrected chi connectivity index (χ2v) is 3.92. The zero-order chi connectivity index (χ0) is 11.9. The van der Waals surface area contributed by atoms with Gasteiger partial charge in [0.15, 0.2) is 0 Å². The summed E-state index contributed by atoms with van der Waals surface area (Å²) in [5.41, 5.74) is -0.590. The number of aliphatic hydroxyl groups excluding tert-OH is 1. The van der Waals surface area contributed by atoms with Crippen LogP contribution in [0, 0.1) is 0 Å². The molecular weight excluding hydrogens is 192 g/mol. The Bertz CT molecular complexity index is 215. The average Bonchev–Trinajstić information content (AvgIpc) is 2.16. The molecule has 2 N–H and O–H groups in total. The lowest BCUT2D eigenvalue weighted by Gasteiger charge is -2.31. The quantitative estimate of drug-likeness (QED) is 0.602. The number of nitrogens with one attached hydrogen (secondary N) is 1. The van der Waals surface area contributed by atoms with E-state index < -0.39 is 5.54 Å². The topological polar surface area (TPSA) is 52.6 Å². The Hall–Kier alpha value is -0.870. The molecule has 0 aliphatic heterocycles. The molecule has 0 atom stereocenters. The Morgan fingerprint density at radius 3 is 2.60 bits per heavy atom. The van der Waals surface area contributed by atoms with Crippen LogP contribution >= 0.6 is 0 Å². The first-order chi connectivity index (χ1) is 6.99. The van der Waals surface area contributed by atoms with Crippen molar-refractivity contribution in [3.8, 4) is 0 Å². The summed E-state index contributed by atoms with van der Waals surface area (Å²) in [6.45, 7) is 10.8. The van der Waals surface area contributed by atoms with Gasteiger partial charge in [0, 0.05) is 13.1 Å². The van der Waals surface area contributed by atoms with Crippen molar-refractivity contribution in [2.24, 2.45) is 0 Å². The van der Waals surface area contributed by atoms with Gasteiger partial charge in [0.1, 0.15) is 0 Å². The summed E-state index contributed by atoms with van der Waals surface area (Å²) in [5.74, 6) is -0.0155. The van der Waals surface area contributed by atoms with Gasteiger partial charge < -0.3 is 15.3 Å². The highest BCUT2D eigenvalue weighted by molar-refractivity contribution is 5.85. The monoisotopic (exact) mass is 214 g/mol. The normalized spacial score (nSPS) is 11.2. The number of carbonyl (C=O) groups is 1. The molecule has 0 aliphatic carbocycles. The lowest BCUT2D eigenvalue weighted by molar-refractivity contribution is -0.137. The minimum absolute atomic E-state index is 0.0155. The van der Waals surface area contributed by atoms with Crippen LogP contribution in [0.25, 0.3) is 0 Å². The van der Waals surface area contributed by atoms with Gasteiger partial charge in [-0.1, -0.05) is 13.0 Å². The maximum absolute atomic E-state index is 12.0. The minimum Gasteiger partial charge on any atom is -0.395 e. The number of aliphatic hydroxyl groups is 1. The van der Waals surface area contributed by atoms with Gasteiger partial charge in [0.2, 0.25) is 5.91 Å². The Morgan fingerprint density at radius 2 is 2.20 bits per heavy atom. The molecule has 0 aromatic heterocycles. The van der Waals surface area contributed by atoms with Crippen molar-refractivity contribution in [1.82, 2.24) is 10.2 Å². The number of nitrogens with zero attached hydrogens (tertiary/aromatic N) is 1. The van der Waals surface area contributed by atoms with Crippen LogP contribution in [0.15, 0.2) is 12.7 Å². The van der Waals surface area contributed by atoms with Gasteiger partial charge in [-0.15, -0.1) is 6.58 Å². The van der Waals surface area contributed by atoms with E-state index in [4.69, 9.17) is 5.11 Å². The highest BCUT2D eigenvalue weighted by atomic mass is 16.3. The molecule has 88 valence electrons. The Kier molecular flexibility index (Phi) is 6.20. The van der Waals surface area contributed by atoms with Crippen molar-refractivity contribution < 1.29 is 9.90 Å². The number of hydrogen-bond acceptors (Lipinski definition) is 3. The predicted octanol–water partition coefficient (Wildman–Crippen LogP) is 0.381. The summed E-state index contributed by atoms with van der Waals surface area (Å²) in [6, 6.07) is 0. The van der Waals surface area contributed by atoms with Gasteiger partial charge in [-0.25, -0.2) is 0 Å². The zero-order valence-corrected chi connectivity index (χ0v) is 9.92. The third kappa shape index (κ3) is 4.44. The lowest BCUT2D eigenvalue weighted by Crippen LogP contribution is -2.54. The van der Waals surface area contributed by atoms with Gasteiger partial charge in [-0.05, 0) is 20.4 Å².